The third kappa shape index (κ3) is 2.63. The molecule has 134 valence electrons. The molecule has 2 bridgehead atoms. The zero-order valence-corrected chi connectivity index (χ0v) is 14.3. The second-order valence-electron chi connectivity index (χ2n) is 7.52. The number of halogens is 1. The van der Waals surface area contributed by atoms with E-state index in [0.29, 0.717) is 41.0 Å². The number of nitrogens with one attached hydrogen (secondary N) is 1. The molecule has 2 atom stereocenters. The summed E-state index contributed by atoms with van der Waals surface area (Å²) in [5, 5.41) is 16.6. The van der Waals surface area contributed by atoms with Crippen molar-refractivity contribution >= 4 is 11.5 Å². The van der Waals surface area contributed by atoms with Crippen LogP contribution in [0.15, 0.2) is 36.4 Å². The fourth-order valence-electron chi connectivity index (χ4n) is 4.65. The molecule has 7 heteroatoms. The molecule has 3 aromatic rings. The Balaban J connectivity index is 1.47. The lowest BCUT2D eigenvalue weighted by Gasteiger charge is -2.34. The Morgan fingerprint density at radius 1 is 1.08 bits per heavy atom. The summed E-state index contributed by atoms with van der Waals surface area (Å²) in [5.74, 6) is 2.27. The molecule has 0 amide bonds. The van der Waals surface area contributed by atoms with Gasteiger partial charge in [-0.1, -0.05) is 12.1 Å². The predicted octanol–water partition coefficient (Wildman–Crippen LogP) is 2.86. The van der Waals surface area contributed by atoms with E-state index in [1.165, 1.54) is 25.0 Å². The van der Waals surface area contributed by atoms with Crippen molar-refractivity contribution in [1.82, 2.24) is 19.8 Å². The number of benzene rings is 1. The lowest BCUT2D eigenvalue weighted by molar-refractivity contribution is 0.289. The van der Waals surface area contributed by atoms with Crippen molar-refractivity contribution in [1.29, 1.82) is 0 Å². The minimum absolute atomic E-state index is 0.302. The highest BCUT2D eigenvalue weighted by Gasteiger charge is 2.41. The molecule has 6 nitrogen and oxygen atoms in total. The molecule has 2 unspecified atom stereocenters. The second-order valence-corrected chi connectivity index (χ2v) is 7.52. The van der Waals surface area contributed by atoms with Gasteiger partial charge in [0, 0.05) is 17.6 Å². The van der Waals surface area contributed by atoms with Crippen LogP contribution in [-0.4, -0.2) is 31.9 Å². The number of anilines is 1. The van der Waals surface area contributed by atoms with Gasteiger partial charge >= 0.3 is 0 Å². The molecule has 2 fully saturated rings. The van der Waals surface area contributed by atoms with Crippen LogP contribution < -0.4 is 11.1 Å². The molecule has 1 aromatic carbocycles. The highest BCUT2D eigenvalue weighted by atomic mass is 19.1. The average molecular weight is 352 g/mol. The maximum atomic E-state index is 13.6. The Morgan fingerprint density at radius 3 is 2.65 bits per heavy atom. The molecular weight excluding hydrogens is 331 g/mol. The summed E-state index contributed by atoms with van der Waals surface area (Å²) >= 11 is 0. The van der Waals surface area contributed by atoms with Crippen molar-refractivity contribution in [3.63, 3.8) is 0 Å². The third-order valence-corrected chi connectivity index (χ3v) is 5.80. The maximum Gasteiger partial charge on any atom is 0.185 e. The number of fused-ring (bicyclic) bond motifs is 3. The van der Waals surface area contributed by atoms with Crippen molar-refractivity contribution in [3.05, 3.63) is 42.2 Å². The van der Waals surface area contributed by atoms with Crippen molar-refractivity contribution in [2.75, 3.05) is 5.32 Å². The van der Waals surface area contributed by atoms with E-state index in [2.05, 4.69) is 20.6 Å². The van der Waals surface area contributed by atoms with Crippen molar-refractivity contribution in [2.45, 2.75) is 37.8 Å². The molecule has 0 aliphatic heterocycles. The summed E-state index contributed by atoms with van der Waals surface area (Å²) in [4.78, 5) is 0. The largest absolute Gasteiger partial charge is 0.365 e. The number of nitrogens with zero attached hydrogens (tertiary/aromatic N) is 4. The molecule has 26 heavy (non-hydrogen) atoms. The van der Waals surface area contributed by atoms with Gasteiger partial charge in [-0.3, -0.25) is 0 Å². The summed E-state index contributed by atoms with van der Waals surface area (Å²) in [6.45, 7) is 0. The molecule has 0 radical (unpaired) electrons. The third-order valence-electron chi connectivity index (χ3n) is 5.80. The molecule has 2 aliphatic carbocycles. The molecule has 2 heterocycles. The Bertz CT molecular complexity index is 940. The monoisotopic (exact) mass is 352 g/mol. The van der Waals surface area contributed by atoms with Crippen LogP contribution in [0.4, 0.5) is 10.2 Å². The summed E-state index contributed by atoms with van der Waals surface area (Å²) < 4.78 is 15.2. The second kappa shape index (κ2) is 6.02. The van der Waals surface area contributed by atoms with Crippen LogP contribution in [0.3, 0.4) is 0 Å². The molecule has 2 aromatic heterocycles. The van der Waals surface area contributed by atoms with Gasteiger partial charge in [0.2, 0.25) is 0 Å². The molecule has 0 saturated heterocycles. The van der Waals surface area contributed by atoms with Gasteiger partial charge in [0.25, 0.3) is 0 Å². The minimum Gasteiger partial charge on any atom is -0.365 e. The molecule has 2 saturated carbocycles. The van der Waals surface area contributed by atoms with Crippen LogP contribution in [0.1, 0.15) is 25.7 Å². The molecule has 5 rings (SSSR count). The molecule has 2 aliphatic rings. The van der Waals surface area contributed by atoms with Crippen molar-refractivity contribution in [3.8, 4) is 11.4 Å². The van der Waals surface area contributed by atoms with Crippen LogP contribution in [0.5, 0.6) is 0 Å². The molecule has 3 N–H and O–H groups in total. The van der Waals surface area contributed by atoms with Gasteiger partial charge in [-0.25, -0.2) is 4.39 Å². The summed E-state index contributed by atoms with van der Waals surface area (Å²) in [6, 6.07) is 10.9. The Labute approximate surface area is 150 Å². The minimum atomic E-state index is -0.302. The first-order chi connectivity index (χ1) is 12.7. The number of aromatic nitrogens is 4. The van der Waals surface area contributed by atoms with Crippen LogP contribution in [0.2, 0.25) is 0 Å². The maximum absolute atomic E-state index is 13.6. The lowest BCUT2D eigenvalue weighted by Crippen LogP contribution is -2.42. The Kier molecular flexibility index (Phi) is 3.63. The first-order valence-electron chi connectivity index (χ1n) is 9.18. The molecular formula is C19H21FN6. The summed E-state index contributed by atoms with van der Waals surface area (Å²) in [6.07, 6.45) is 4.63. The van der Waals surface area contributed by atoms with Gasteiger partial charge in [-0.05, 0) is 61.8 Å². The van der Waals surface area contributed by atoms with Gasteiger partial charge in [-0.15, -0.1) is 15.3 Å². The highest BCUT2D eigenvalue weighted by molar-refractivity contribution is 5.59. The van der Waals surface area contributed by atoms with Crippen LogP contribution in [0, 0.1) is 17.7 Å². The standard InChI is InChI=1S/C19H21FN6/c20-14-3-1-2-13(8-14)19-24-23-17-7-6-16(25-26(17)19)22-18-11-4-5-12(18)10-15(21)9-11/h1-3,6-8,11-12,15,18H,4-5,9-10,21H2,(H,22,25). The highest BCUT2D eigenvalue weighted by Crippen LogP contribution is 2.43. The number of nitrogens with two attached hydrogens (primary N) is 1. The van der Waals surface area contributed by atoms with E-state index >= 15 is 0 Å². The van der Waals surface area contributed by atoms with E-state index in [1.54, 1.807) is 10.6 Å². The van der Waals surface area contributed by atoms with Gasteiger partial charge < -0.3 is 11.1 Å². The van der Waals surface area contributed by atoms with Crippen LogP contribution >= 0.6 is 0 Å². The lowest BCUT2D eigenvalue weighted by atomic mass is 9.81. The van der Waals surface area contributed by atoms with Gasteiger partial charge in [0.05, 0.1) is 0 Å². The van der Waals surface area contributed by atoms with E-state index in [-0.39, 0.29) is 5.82 Å². The predicted molar refractivity (Wildman–Crippen MR) is 97.0 cm³/mol. The van der Waals surface area contributed by atoms with E-state index in [4.69, 9.17) is 5.73 Å². The fraction of sp³-hybridized carbons (Fsp3) is 0.421. The van der Waals surface area contributed by atoms with Gasteiger partial charge in [0.1, 0.15) is 11.6 Å². The number of hydrogen-bond acceptors (Lipinski definition) is 5. The van der Waals surface area contributed by atoms with Crippen LogP contribution in [0.25, 0.3) is 17.0 Å². The SMILES string of the molecule is NC1CC2CCC(C1)C2Nc1ccc2nnc(-c3cccc(F)c3)n2n1. The fourth-order valence-corrected chi connectivity index (χ4v) is 4.65. The summed E-state index contributed by atoms with van der Waals surface area (Å²) in [7, 11) is 0. The summed E-state index contributed by atoms with van der Waals surface area (Å²) in [5.41, 5.74) is 7.47. The molecule has 0 spiro atoms. The Morgan fingerprint density at radius 2 is 1.88 bits per heavy atom. The first kappa shape index (κ1) is 15.7. The smallest absolute Gasteiger partial charge is 0.185 e. The quantitative estimate of drug-likeness (QED) is 0.757. The Hall–Kier alpha value is -2.54. The number of rotatable bonds is 3. The normalized spacial score (nSPS) is 27.8. The van der Waals surface area contributed by atoms with Gasteiger partial charge in [-0.2, -0.15) is 4.52 Å². The van der Waals surface area contributed by atoms with Gasteiger partial charge in [0.15, 0.2) is 11.5 Å². The first-order valence-corrected chi connectivity index (χ1v) is 9.18. The van der Waals surface area contributed by atoms with E-state index in [9.17, 15) is 4.39 Å². The van der Waals surface area contributed by atoms with Crippen molar-refractivity contribution < 1.29 is 4.39 Å². The average Bonchev–Trinajstić information content (AvgIpc) is 3.14. The zero-order valence-electron chi connectivity index (χ0n) is 14.3. The zero-order chi connectivity index (χ0) is 17.7. The van der Waals surface area contributed by atoms with E-state index in [0.717, 1.165) is 18.7 Å². The van der Waals surface area contributed by atoms with E-state index < -0.39 is 0 Å². The van der Waals surface area contributed by atoms with E-state index in [1.807, 2.05) is 18.2 Å². The van der Waals surface area contributed by atoms with Crippen molar-refractivity contribution in [2.24, 2.45) is 17.6 Å². The number of hydrogen-bond donors (Lipinski definition) is 2. The topological polar surface area (TPSA) is 81.1 Å². The van der Waals surface area contributed by atoms with Crippen LogP contribution in [-0.2, 0) is 0 Å².